The third kappa shape index (κ3) is 14.4. The Hall–Kier alpha value is -0.560. The van der Waals surface area contributed by atoms with Crippen LogP contribution < -0.4 is 0 Å². The van der Waals surface area contributed by atoms with Crippen molar-refractivity contribution in [1.82, 2.24) is 0 Å². The first-order valence-electron chi connectivity index (χ1n) is 9.85. The molecule has 1 aliphatic rings. The van der Waals surface area contributed by atoms with Crippen molar-refractivity contribution in [3.05, 3.63) is 24.3 Å². The lowest BCUT2D eigenvalue weighted by molar-refractivity contribution is 0.387. The van der Waals surface area contributed by atoms with E-state index in [4.69, 9.17) is 4.74 Å². The summed E-state index contributed by atoms with van der Waals surface area (Å²) >= 11 is 0. The molecule has 0 aliphatic carbocycles. The second-order valence-electron chi connectivity index (χ2n) is 6.68. The van der Waals surface area contributed by atoms with Gasteiger partial charge >= 0.3 is 0 Å². The van der Waals surface area contributed by atoms with E-state index >= 15 is 0 Å². The molecule has 1 saturated heterocycles. The van der Waals surface area contributed by atoms with Crippen molar-refractivity contribution in [2.45, 2.75) is 103 Å². The van der Waals surface area contributed by atoms with Crippen LogP contribution in [0.5, 0.6) is 0 Å². The van der Waals surface area contributed by atoms with E-state index in [0.29, 0.717) is 6.10 Å². The second-order valence-corrected chi connectivity index (χ2v) is 6.68. The molecular formula is C21H38O. The first-order valence-corrected chi connectivity index (χ1v) is 9.85. The van der Waals surface area contributed by atoms with Crippen molar-refractivity contribution in [2.75, 3.05) is 6.61 Å². The highest BCUT2D eigenvalue weighted by Crippen LogP contribution is 2.18. The lowest BCUT2D eigenvalue weighted by Crippen LogP contribution is -1.86. The van der Waals surface area contributed by atoms with Crippen LogP contribution in [0.2, 0.25) is 0 Å². The van der Waals surface area contributed by atoms with Crippen molar-refractivity contribution < 1.29 is 4.74 Å². The van der Waals surface area contributed by atoms with Gasteiger partial charge in [-0.3, -0.25) is 0 Å². The maximum atomic E-state index is 5.23. The summed E-state index contributed by atoms with van der Waals surface area (Å²) in [5.74, 6) is 0. The molecule has 1 atom stereocenters. The van der Waals surface area contributed by atoms with Gasteiger partial charge in [0.2, 0.25) is 0 Å². The maximum absolute atomic E-state index is 5.23. The van der Waals surface area contributed by atoms with Crippen molar-refractivity contribution in [3.8, 4) is 0 Å². The normalized spacial score (nSPS) is 17.8. The van der Waals surface area contributed by atoms with Gasteiger partial charge in [0.1, 0.15) is 0 Å². The lowest BCUT2D eigenvalue weighted by Gasteiger charge is -2.00. The molecule has 0 aromatic heterocycles. The van der Waals surface area contributed by atoms with E-state index in [1.54, 1.807) is 0 Å². The number of rotatable bonds is 16. The molecule has 0 amide bonds. The van der Waals surface area contributed by atoms with Crippen molar-refractivity contribution >= 4 is 0 Å². The topological polar surface area (TPSA) is 12.5 Å². The van der Waals surface area contributed by atoms with Gasteiger partial charge in [0, 0.05) is 0 Å². The molecule has 0 unspecified atom stereocenters. The highest BCUT2D eigenvalue weighted by atomic mass is 16.6. The third-order valence-electron chi connectivity index (χ3n) is 4.38. The highest BCUT2D eigenvalue weighted by molar-refractivity contribution is 4.92. The van der Waals surface area contributed by atoms with E-state index in [1.165, 1.54) is 83.5 Å². The number of hydrogen-bond acceptors (Lipinski definition) is 1. The summed E-state index contributed by atoms with van der Waals surface area (Å²) in [5.41, 5.74) is 0. The summed E-state index contributed by atoms with van der Waals surface area (Å²) in [6.07, 6.45) is 28.8. The molecule has 22 heavy (non-hydrogen) atoms. The zero-order valence-corrected chi connectivity index (χ0v) is 14.9. The van der Waals surface area contributed by atoms with E-state index < -0.39 is 0 Å². The Morgan fingerprint density at radius 1 is 0.727 bits per heavy atom. The number of allylic oxidation sites excluding steroid dienone is 4. The predicted octanol–water partition coefficient (Wildman–Crippen LogP) is 6.98. The Kier molecular flexibility index (Phi) is 13.6. The zero-order valence-electron chi connectivity index (χ0n) is 14.9. The van der Waals surface area contributed by atoms with E-state index in [2.05, 4.69) is 31.2 Å². The van der Waals surface area contributed by atoms with Gasteiger partial charge in [0.05, 0.1) is 12.7 Å². The summed E-state index contributed by atoms with van der Waals surface area (Å²) in [6, 6.07) is 0. The summed E-state index contributed by atoms with van der Waals surface area (Å²) in [5, 5.41) is 0. The minimum absolute atomic E-state index is 0.637. The van der Waals surface area contributed by atoms with Crippen LogP contribution >= 0.6 is 0 Å². The SMILES string of the molecule is CCCCCC=CCC=CCCCCCCCCC[C@H]1CO1. The molecule has 0 spiro atoms. The van der Waals surface area contributed by atoms with E-state index in [1.807, 2.05) is 0 Å². The van der Waals surface area contributed by atoms with Crippen LogP contribution in [-0.4, -0.2) is 12.7 Å². The van der Waals surface area contributed by atoms with Gasteiger partial charge in [-0.15, -0.1) is 0 Å². The average molecular weight is 307 g/mol. The number of hydrogen-bond donors (Lipinski definition) is 0. The zero-order chi connectivity index (χ0) is 15.7. The number of epoxide rings is 1. The Labute approximate surface area is 139 Å². The largest absolute Gasteiger partial charge is 0.373 e. The van der Waals surface area contributed by atoms with Crippen molar-refractivity contribution in [1.29, 1.82) is 0 Å². The quantitative estimate of drug-likeness (QED) is 0.170. The summed E-state index contributed by atoms with van der Waals surface area (Å²) in [6.45, 7) is 3.29. The molecule has 1 rings (SSSR count). The van der Waals surface area contributed by atoms with Crippen LogP contribution in [0.3, 0.4) is 0 Å². The lowest BCUT2D eigenvalue weighted by atomic mass is 10.1. The molecule has 0 radical (unpaired) electrons. The molecular weight excluding hydrogens is 268 g/mol. The number of ether oxygens (including phenoxy) is 1. The van der Waals surface area contributed by atoms with Crippen LogP contribution in [0.1, 0.15) is 96.8 Å². The van der Waals surface area contributed by atoms with Gasteiger partial charge in [0.15, 0.2) is 0 Å². The van der Waals surface area contributed by atoms with Gasteiger partial charge in [-0.25, -0.2) is 0 Å². The fourth-order valence-electron chi connectivity index (χ4n) is 2.77. The molecule has 128 valence electrons. The molecule has 0 N–H and O–H groups in total. The van der Waals surface area contributed by atoms with Crippen LogP contribution in [0, 0.1) is 0 Å². The fraction of sp³-hybridized carbons (Fsp3) is 0.810. The number of unbranched alkanes of at least 4 members (excludes halogenated alkanes) is 10. The summed E-state index contributed by atoms with van der Waals surface area (Å²) in [4.78, 5) is 0. The molecule has 1 heterocycles. The maximum Gasteiger partial charge on any atom is 0.0810 e. The third-order valence-corrected chi connectivity index (χ3v) is 4.38. The average Bonchev–Trinajstić information content (AvgIpc) is 3.34. The monoisotopic (exact) mass is 306 g/mol. The standard InChI is InChI=1S/C21H38O/c1-2-3-4-5-6-7-8-9-10-11-12-13-14-15-16-17-18-19-21-20-22-21/h6-7,9-10,21H,2-5,8,11-20H2,1H3/t21-/m0/s1. The Balaban J connectivity index is 1.70. The fourth-order valence-corrected chi connectivity index (χ4v) is 2.77. The molecule has 0 saturated carbocycles. The second kappa shape index (κ2) is 15.3. The smallest absolute Gasteiger partial charge is 0.0810 e. The first-order chi connectivity index (χ1) is 10.9. The molecule has 1 heteroatoms. The van der Waals surface area contributed by atoms with Gasteiger partial charge in [0.25, 0.3) is 0 Å². The van der Waals surface area contributed by atoms with Crippen molar-refractivity contribution in [2.24, 2.45) is 0 Å². The summed E-state index contributed by atoms with van der Waals surface area (Å²) < 4.78 is 5.23. The van der Waals surface area contributed by atoms with Gasteiger partial charge < -0.3 is 4.74 Å². The minimum atomic E-state index is 0.637. The Bertz CT molecular complexity index is 276. The molecule has 1 fully saturated rings. The van der Waals surface area contributed by atoms with E-state index in [-0.39, 0.29) is 0 Å². The minimum Gasteiger partial charge on any atom is -0.373 e. The van der Waals surface area contributed by atoms with Crippen LogP contribution in [0.25, 0.3) is 0 Å². The first kappa shape index (κ1) is 19.5. The molecule has 0 bridgehead atoms. The Morgan fingerprint density at radius 2 is 1.27 bits per heavy atom. The molecule has 0 aromatic rings. The van der Waals surface area contributed by atoms with Crippen LogP contribution in [-0.2, 0) is 4.74 Å². The van der Waals surface area contributed by atoms with Crippen LogP contribution in [0.4, 0.5) is 0 Å². The van der Waals surface area contributed by atoms with Crippen LogP contribution in [0.15, 0.2) is 24.3 Å². The predicted molar refractivity (Wildman–Crippen MR) is 98.3 cm³/mol. The van der Waals surface area contributed by atoms with Gasteiger partial charge in [-0.05, 0) is 38.5 Å². The van der Waals surface area contributed by atoms with Crippen molar-refractivity contribution in [3.63, 3.8) is 0 Å². The molecule has 1 aliphatic heterocycles. The molecule has 0 aromatic carbocycles. The van der Waals surface area contributed by atoms with E-state index in [0.717, 1.165) is 13.0 Å². The van der Waals surface area contributed by atoms with Gasteiger partial charge in [-0.2, -0.15) is 0 Å². The molecule has 1 nitrogen and oxygen atoms in total. The van der Waals surface area contributed by atoms with E-state index in [9.17, 15) is 0 Å². The highest BCUT2D eigenvalue weighted by Gasteiger charge is 2.20. The Morgan fingerprint density at radius 3 is 1.86 bits per heavy atom. The van der Waals surface area contributed by atoms with Gasteiger partial charge in [-0.1, -0.05) is 82.6 Å². The summed E-state index contributed by atoms with van der Waals surface area (Å²) in [7, 11) is 0.